The highest BCUT2D eigenvalue weighted by Gasteiger charge is 2.11. The molecular formula is C16H16Cl2O3. The SMILES string of the molecule is COc1ccc([C@H](C)O)c(OCc2ccc(Cl)cc2Cl)c1. The van der Waals surface area contributed by atoms with Crippen molar-refractivity contribution in [2.45, 2.75) is 19.6 Å². The summed E-state index contributed by atoms with van der Waals surface area (Å²) in [6, 6.07) is 10.5. The summed E-state index contributed by atoms with van der Waals surface area (Å²) in [6.07, 6.45) is -0.633. The second-order valence-electron chi connectivity index (χ2n) is 4.60. The molecule has 0 saturated carbocycles. The topological polar surface area (TPSA) is 38.7 Å². The smallest absolute Gasteiger partial charge is 0.129 e. The Morgan fingerprint density at radius 3 is 2.52 bits per heavy atom. The van der Waals surface area contributed by atoms with Gasteiger partial charge in [-0.2, -0.15) is 0 Å². The molecule has 21 heavy (non-hydrogen) atoms. The van der Waals surface area contributed by atoms with Crippen LogP contribution in [0.2, 0.25) is 10.0 Å². The van der Waals surface area contributed by atoms with Gasteiger partial charge in [-0.3, -0.25) is 0 Å². The maximum absolute atomic E-state index is 9.79. The molecule has 0 bridgehead atoms. The van der Waals surface area contributed by atoms with Crippen molar-refractivity contribution in [1.29, 1.82) is 0 Å². The molecule has 2 rings (SSSR count). The van der Waals surface area contributed by atoms with Crippen molar-refractivity contribution in [1.82, 2.24) is 0 Å². The Balaban J connectivity index is 2.22. The zero-order valence-corrected chi connectivity index (χ0v) is 13.3. The minimum Gasteiger partial charge on any atom is -0.497 e. The van der Waals surface area contributed by atoms with Crippen LogP contribution in [-0.4, -0.2) is 12.2 Å². The third kappa shape index (κ3) is 4.03. The Labute approximate surface area is 134 Å². The molecule has 3 nitrogen and oxygen atoms in total. The maximum Gasteiger partial charge on any atom is 0.129 e. The average molecular weight is 327 g/mol. The first kappa shape index (κ1) is 16.0. The molecule has 0 spiro atoms. The summed E-state index contributed by atoms with van der Waals surface area (Å²) < 4.78 is 11.0. The van der Waals surface area contributed by atoms with Gasteiger partial charge >= 0.3 is 0 Å². The van der Waals surface area contributed by atoms with E-state index < -0.39 is 6.10 Å². The van der Waals surface area contributed by atoms with Gasteiger partial charge in [0.15, 0.2) is 0 Å². The van der Waals surface area contributed by atoms with Gasteiger partial charge in [0.1, 0.15) is 18.1 Å². The lowest BCUT2D eigenvalue weighted by molar-refractivity contribution is 0.190. The van der Waals surface area contributed by atoms with E-state index in [0.29, 0.717) is 27.1 Å². The Morgan fingerprint density at radius 1 is 1.14 bits per heavy atom. The van der Waals surface area contributed by atoms with Gasteiger partial charge in [0.05, 0.1) is 13.2 Å². The standard InChI is InChI=1S/C16H16Cl2O3/c1-10(19)14-6-5-13(20-2)8-16(14)21-9-11-3-4-12(17)7-15(11)18/h3-8,10,19H,9H2,1-2H3/t10-/m0/s1. The van der Waals surface area contributed by atoms with Crippen LogP contribution in [0.4, 0.5) is 0 Å². The molecule has 2 aromatic rings. The number of ether oxygens (including phenoxy) is 2. The maximum atomic E-state index is 9.79. The number of methoxy groups -OCH3 is 1. The van der Waals surface area contributed by atoms with Crippen LogP contribution < -0.4 is 9.47 Å². The van der Waals surface area contributed by atoms with Gasteiger partial charge in [0.25, 0.3) is 0 Å². The number of aliphatic hydroxyl groups is 1. The number of rotatable bonds is 5. The number of benzene rings is 2. The van der Waals surface area contributed by atoms with Crippen molar-refractivity contribution >= 4 is 23.2 Å². The van der Waals surface area contributed by atoms with Crippen LogP contribution in [-0.2, 0) is 6.61 Å². The summed E-state index contributed by atoms with van der Waals surface area (Å²) in [5.74, 6) is 1.23. The second kappa shape index (κ2) is 7.03. The Hall–Kier alpha value is -1.42. The van der Waals surface area contributed by atoms with E-state index >= 15 is 0 Å². The Kier molecular flexibility index (Phi) is 5.34. The Bertz CT molecular complexity index is 627. The molecule has 0 aliphatic carbocycles. The lowest BCUT2D eigenvalue weighted by atomic mass is 10.1. The molecule has 0 aromatic heterocycles. The number of hydrogen-bond donors (Lipinski definition) is 1. The van der Waals surface area contributed by atoms with E-state index in [2.05, 4.69) is 0 Å². The number of aliphatic hydroxyl groups excluding tert-OH is 1. The molecule has 0 heterocycles. The summed E-state index contributed by atoms with van der Waals surface area (Å²) in [5.41, 5.74) is 1.52. The normalized spacial score (nSPS) is 12.0. The van der Waals surface area contributed by atoms with Gasteiger partial charge < -0.3 is 14.6 Å². The lowest BCUT2D eigenvalue weighted by Gasteiger charge is -2.15. The molecule has 0 saturated heterocycles. The van der Waals surface area contributed by atoms with Crippen LogP contribution in [0, 0.1) is 0 Å². The lowest BCUT2D eigenvalue weighted by Crippen LogP contribution is -2.02. The third-order valence-electron chi connectivity index (χ3n) is 3.07. The van der Waals surface area contributed by atoms with E-state index in [1.54, 1.807) is 44.4 Å². The molecule has 1 atom stereocenters. The quantitative estimate of drug-likeness (QED) is 0.870. The van der Waals surface area contributed by atoms with Crippen molar-refractivity contribution in [2.75, 3.05) is 7.11 Å². The monoisotopic (exact) mass is 326 g/mol. The van der Waals surface area contributed by atoms with Crippen molar-refractivity contribution in [2.24, 2.45) is 0 Å². The first-order valence-corrected chi connectivity index (χ1v) is 7.19. The predicted molar refractivity (Wildman–Crippen MR) is 84.4 cm³/mol. The zero-order chi connectivity index (χ0) is 15.4. The largest absolute Gasteiger partial charge is 0.497 e. The molecule has 5 heteroatoms. The van der Waals surface area contributed by atoms with Gasteiger partial charge in [-0.15, -0.1) is 0 Å². The van der Waals surface area contributed by atoms with Gasteiger partial charge in [0, 0.05) is 27.2 Å². The first-order valence-electron chi connectivity index (χ1n) is 6.44. The van der Waals surface area contributed by atoms with Crippen molar-refractivity contribution in [3.63, 3.8) is 0 Å². The van der Waals surface area contributed by atoms with Crippen LogP contribution in [0.3, 0.4) is 0 Å². The number of halogens is 2. The predicted octanol–water partition coefficient (Wildman–Crippen LogP) is 4.63. The summed E-state index contributed by atoms with van der Waals surface area (Å²) in [5, 5.41) is 10.9. The van der Waals surface area contributed by atoms with E-state index in [1.165, 1.54) is 0 Å². The van der Waals surface area contributed by atoms with E-state index in [9.17, 15) is 5.11 Å². The minimum absolute atomic E-state index is 0.281. The molecule has 0 aliphatic rings. The summed E-state index contributed by atoms with van der Waals surface area (Å²) >= 11 is 12.0. The van der Waals surface area contributed by atoms with Gasteiger partial charge in [-0.25, -0.2) is 0 Å². The summed E-state index contributed by atoms with van der Waals surface area (Å²) in [4.78, 5) is 0. The van der Waals surface area contributed by atoms with Crippen LogP contribution in [0.5, 0.6) is 11.5 Å². The van der Waals surface area contributed by atoms with E-state index in [4.69, 9.17) is 32.7 Å². The third-order valence-corrected chi connectivity index (χ3v) is 3.66. The molecule has 1 N–H and O–H groups in total. The minimum atomic E-state index is -0.633. The van der Waals surface area contributed by atoms with Gasteiger partial charge in [-0.05, 0) is 31.2 Å². The van der Waals surface area contributed by atoms with E-state index in [0.717, 1.165) is 5.56 Å². The highest BCUT2D eigenvalue weighted by Crippen LogP contribution is 2.31. The van der Waals surface area contributed by atoms with Crippen LogP contribution in [0.1, 0.15) is 24.2 Å². The van der Waals surface area contributed by atoms with Crippen LogP contribution in [0.15, 0.2) is 36.4 Å². The molecule has 0 amide bonds. The highest BCUT2D eigenvalue weighted by molar-refractivity contribution is 6.35. The molecule has 0 fully saturated rings. The molecule has 112 valence electrons. The average Bonchev–Trinajstić information content (AvgIpc) is 2.45. The zero-order valence-electron chi connectivity index (χ0n) is 11.8. The molecule has 0 radical (unpaired) electrons. The molecule has 0 aliphatic heterocycles. The van der Waals surface area contributed by atoms with Crippen LogP contribution >= 0.6 is 23.2 Å². The Morgan fingerprint density at radius 2 is 1.90 bits per heavy atom. The van der Waals surface area contributed by atoms with Crippen molar-refractivity contribution in [3.05, 3.63) is 57.6 Å². The first-order chi connectivity index (χ1) is 10.0. The van der Waals surface area contributed by atoms with E-state index in [1.807, 2.05) is 6.07 Å². The van der Waals surface area contributed by atoms with Gasteiger partial charge in [0.2, 0.25) is 0 Å². The van der Waals surface area contributed by atoms with Gasteiger partial charge in [-0.1, -0.05) is 29.3 Å². The summed E-state index contributed by atoms with van der Waals surface area (Å²) in [7, 11) is 1.58. The fourth-order valence-electron chi connectivity index (χ4n) is 1.91. The second-order valence-corrected chi connectivity index (χ2v) is 5.45. The molecule has 2 aromatic carbocycles. The summed E-state index contributed by atoms with van der Waals surface area (Å²) in [6.45, 7) is 1.97. The highest BCUT2D eigenvalue weighted by atomic mass is 35.5. The fraction of sp³-hybridized carbons (Fsp3) is 0.250. The molecule has 0 unspecified atom stereocenters. The van der Waals surface area contributed by atoms with Crippen molar-refractivity contribution < 1.29 is 14.6 Å². The fourth-order valence-corrected chi connectivity index (χ4v) is 2.37. The van der Waals surface area contributed by atoms with E-state index in [-0.39, 0.29) is 6.61 Å². The van der Waals surface area contributed by atoms with Crippen LogP contribution in [0.25, 0.3) is 0 Å². The molecular weight excluding hydrogens is 311 g/mol. The number of hydrogen-bond acceptors (Lipinski definition) is 3. The van der Waals surface area contributed by atoms with Crippen molar-refractivity contribution in [3.8, 4) is 11.5 Å².